The monoisotopic (exact) mass is 412 g/mol. The molecule has 0 atom stereocenters. The minimum Gasteiger partial charge on any atom is -0.309 e. The number of aryl methyl sites for hydroxylation is 1. The van der Waals surface area contributed by atoms with Gasteiger partial charge in [-0.2, -0.15) is 0 Å². The molecule has 0 saturated heterocycles. The lowest BCUT2D eigenvalue weighted by Gasteiger charge is -2.15. The van der Waals surface area contributed by atoms with Crippen LogP contribution in [0.25, 0.3) is 28.2 Å². The Morgan fingerprint density at radius 1 is 0.625 bits per heavy atom. The van der Waals surface area contributed by atoms with Gasteiger partial charge in [-0.3, -0.25) is 4.99 Å². The van der Waals surface area contributed by atoms with Crippen LogP contribution in [0, 0.1) is 6.92 Å². The van der Waals surface area contributed by atoms with Crippen molar-refractivity contribution in [1.29, 1.82) is 0 Å². The molecule has 4 aromatic carbocycles. The second kappa shape index (κ2) is 8.91. The molecule has 5 aromatic rings. The molecule has 0 spiro atoms. The molecule has 0 unspecified atom stereocenters. The Hall–Kier alpha value is -4.17. The molecule has 0 aliphatic rings. The highest BCUT2D eigenvalue weighted by atomic mass is 15.0. The van der Waals surface area contributed by atoms with Gasteiger partial charge in [0.15, 0.2) is 0 Å². The van der Waals surface area contributed by atoms with Crippen molar-refractivity contribution in [2.45, 2.75) is 6.92 Å². The summed E-state index contributed by atoms with van der Waals surface area (Å²) in [4.78, 5) is 4.87. The minimum atomic E-state index is 0.986. The molecule has 0 amide bonds. The molecule has 1 heterocycles. The molecule has 0 radical (unpaired) electrons. The summed E-state index contributed by atoms with van der Waals surface area (Å²) in [6, 6.07) is 42.1. The number of aromatic nitrogens is 1. The molecule has 0 fully saturated rings. The van der Waals surface area contributed by atoms with Gasteiger partial charge in [0.2, 0.25) is 0 Å². The van der Waals surface area contributed by atoms with Crippen LogP contribution >= 0.6 is 0 Å². The maximum Gasteiger partial charge on any atom is 0.0659 e. The highest BCUT2D eigenvalue weighted by Crippen LogP contribution is 2.35. The first-order valence-corrected chi connectivity index (χ1v) is 10.8. The van der Waals surface area contributed by atoms with E-state index in [0.29, 0.717) is 0 Å². The summed E-state index contributed by atoms with van der Waals surface area (Å²) in [6.45, 7) is 2.09. The van der Waals surface area contributed by atoms with Crippen molar-refractivity contribution in [1.82, 2.24) is 4.57 Å². The van der Waals surface area contributed by atoms with Crippen LogP contribution in [0.3, 0.4) is 0 Å². The Morgan fingerprint density at radius 2 is 1.19 bits per heavy atom. The van der Waals surface area contributed by atoms with Crippen molar-refractivity contribution < 1.29 is 0 Å². The van der Waals surface area contributed by atoms with Crippen LogP contribution < -0.4 is 0 Å². The van der Waals surface area contributed by atoms with Crippen LogP contribution in [0.15, 0.2) is 126 Å². The Balaban J connectivity index is 1.78. The molecule has 5 rings (SSSR count). The van der Waals surface area contributed by atoms with Gasteiger partial charge < -0.3 is 4.57 Å². The fourth-order valence-corrected chi connectivity index (χ4v) is 4.03. The molecule has 0 saturated carbocycles. The molecule has 0 N–H and O–H groups in total. The quantitative estimate of drug-likeness (QED) is 0.261. The van der Waals surface area contributed by atoms with E-state index in [4.69, 9.17) is 4.99 Å². The predicted octanol–water partition coefficient (Wildman–Crippen LogP) is 7.87. The normalized spacial score (nSPS) is 11.2. The number of hydrogen-bond donors (Lipinski definition) is 0. The number of aliphatic imine (C=N–C) groups is 1. The average molecular weight is 413 g/mol. The third kappa shape index (κ3) is 3.91. The first kappa shape index (κ1) is 19.8. The number of benzene rings is 4. The number of para-hydroxylation sites is 2. The van der Waals surface area contributed by atoms with Crippen LogP contribution in [0.2, 0.25) is 0 Å². The number of hydrogen-bond acceptors (Lipinski definition) is 1. The van der Waals surface area contributed by atoms with E-state index in [0.717, 1.165) is 39.5 Å². The Kier molecular flexibility index (Phi) is 5.50. The van der Waals surface area contributed by atoms with Crippen molar-refractivity contribution >= 4 is 11.9 Å². The molecular weight excluding hydrogens is 388 g/mol. The van der Waals surface area contributed by atoms with Crippen LogP contribution in [0.4, 0.5) is 5.69 Å². The van der Waals surface area contributed by atoms with E-state index in [1.807, 2.05) is 18.3 Å². The highest BCUT2D eigenvalue weighted by Gasteiger charge is 2.18. The van der Waals surface area contributed by atoms with Gasteiger partial charge in [0.25, 0.3) is 0 Å². The first-order chi connectivity index (χ1) is 15.8. The predicted molar refractivity (Wildman–Crippen MR) is 135 cm³/mol. The van der Waals surface area contributed by atoms with Gasteiger partial charge in [0, 0.05) is 17.5 Å². The molecule has 2 nitrogen and oxygen atoms in total. The summed E-state index contributed by atoms with van der Waals surface area (Å²) in [7, 11) is 0. The van der Waals surface area contributed by atoms with E-state index in [9.17, 15) is 0 Å². The summed E-state index contributed by atoms with van der Waals surface area (Å²) in [5, 5.41) is 0. The molecule has 2 heteroatoms. The third-order valence-electron chi connectivity index (χ3n) is 5.62. The third-order valence-corrected chi connectivity index (χ3v) is 5.62. The van der Waals surface area contributed by atoms with Crippen LogP contribution in [0.1, 0.15) is 11.1 Å². The zero-order valence-corrected chi connectivity index (χ0v) is 18.0. The van der Waals surface area contributed by atoms with Gasteiger partial charge in [0.1, 0.15) is 0 Å². The lowest BCUT2D eigenvalue weighted by molar-refractivity contribution is 1.09. The fraction of sp³-hybridized carbons (Fsp3) is 0.0333. The van der Waals surface area contributed by atoms with Crippen molar-refractivity contribution in [3.05, 3.63) is 132 Å². The van der Waals surface area contributed by atoms with Crippen molar-refractivity contribution in [3.63, 3.8) is 0 Å². The molecule has 0 aliphatic carbocycles. The fourth-order valence-electron chi connectivity index (χ4n) is 4.03. The van der Waals surface area contributed by atoms with Gasteiger partial charge in [-0.15, -0.1) is 0 Å². The van der Waals surface area contributed by atoms with Crippen LogP contribution in [0.5, 0.6) is 0 Å². The van der Waals surface area contributed by atoms with Crippen molar-refractivity contribution in [2.24, 2.45) is 4.99 Å². The lowest BCUT2D eigenvalue weighted by atomic mass is 10.1. The molecule has 0 bridgehead atoms. The van der Waals surface area contributed by atoms with E-state index < -0.39 is 0 Å². The maximum absolute atomic E-state index is 4.87. The van der Waals surface area contributed by atoms with Gasteiger partial charge in [-0.25, -0.2) is 0 Å². The number of rotatable bonds is 5. The molecule has 32 heavy (non-hydrogen) atoms. The van der Waals surface area contributed by atoms with Gasteiger partial charge in [0.05, 0.1) is 17.1 Å². The smallest absolute Gasteiger partial charge is 0.0659 e. The molecule has 0 aliphatic heterocycles. The van der Waals surface area contributed by atoms with Crippen LogP contribution in [-0.4, -0.2) is 10.8 Å². The average Bonchev–Trinajstić information content (AvgIpc) is 3.25. The second-order valence-corrected chi connectivity index (χ2v) is 7.78. The summed E-state index contributed by atoms with van der Waals surface area (Å²) in [5.74, 6) is 0. The molecule has 1 aromatic heterocycles. The molecule has 154 valence electrons. The zero-order chi connectivity index (χ0) is 21.8. The first-order valence-electron chi connectivity index (χ1n) is 10.8. The Labute approximate surface area is 189 Å². The number of nitrogens with zero attached hydrogens (tertiary/aromatic N) is 2. The van der Waals surface area contributed by atoms with E-state index in [2.05, 4.69) is 121 Å². The van der Waals surface area contributed by atoms with E-state index in [1.54, 1.807) is 0 Å². The summed E-state index contributed by atoms with van der Waals surface area (Å²) in [5.41, 5.74) is 8.96. The van der Waals surface area contributed by atoms with Gasteiger partial charge in [-0.1, -0.05) is 97.1 Å². The van der Waals surface area contributed by atoms with Crippen LogP contribution in [-0.2, 0) is 0 Å². The largest absolute Gasteiger partial charge is 0.309 e. The maximum atomic E-state index is 4.87. The Morgan fingerprint density at radius 3 is 1.84 bits per heavy atom. The standard InChI is InChI=1S/C30H24N2/c1-23-13-11-12-20-28(23)31-22-26-21-29(24-14-5-2-6-15-24)32(27-18-9-4-10-19-27)30(26)25-16-7-3-8-17-25/h2-22H,1H3. The highest BCUT2D eigenvalue weighted by molar-refractivity contribution is 5.94. The lowest BCUT2D eigenvalue weighted by Crippen LogP contribution is -2.00. The molecular formula is C30H24N2. The Bertz CT molecular complexity index is 1350. The summed E-state index contributed by atoms with van der Waals surface area (Å²) >= 11 is 0. The SMILES string of the molecule is Cc1ccccc1N=Cc1cc(-c2ccccc2)n(-c2ccccc2)c1-c1ccccc1. The summed E-state index contributed by atoms with van der Waals surface area (Å²) in [6.07, 6.45) is 2.00. The minimum absolute atomic E-state index is 0.986. The topological polar surface area (TPSA) is 17.3 Å². The second-order valence-electron chi connectivity index (χ2n) is 7.78. The van der Waals surface area contributed by atoms with E-state index in [1.165, 1.54) is 5.56 Å². The zero-order valence-electron chi connectivity index (χ0n) is 18.0. The van der Waals surface area contributed by atoms with Gasteiger partial charge in [-0.05, 0) is 47.9 Å². The summed E-state index contributed by atoms with van der Waals surface area (Å²) < 4.78 is 2.34. The van der Waals surface area contributed by atoms with E-state index in [-0.39, 0.29) is 0 Å². The van der Waals surface area contributed by atoms with Crippen molar-refractivity contribution in [2.75, 3.05) is 0 Å². The van der Waals surface area contributed by atoms with Crippen molar-refractivity contribution in [3.8, 4) is 28.2 Å². The van der Waals surface area contributed by atoms with E-state index >= 15 is 0 Å². The van der Waals surface area contributed by atoms with Gasteiger partial charge >= 0.3 is 0 Å².